The number of fused-ring (bicyclic) bond motifs is 3. The van der Waals surface area contributed by atoms with Crippen LogP contribution in [0.1, 0.15) is 51.9 Å². The van der Waals surface area contributed by atoms with Gasteiger partial charge in [-0.15, -0.1) is 0 Å². The minimum Gasteiger partial charge on any atom is -0.351 e. The Labute approximate surface area is 158 Å². The highest BCUT2D eigenvalue weighted by Gasteiger charge is 2.52. The van der Waals surface area contributed by atoms with Gasteiger partial charge < -0.3 is 15.5 Å². The van der Waals surface area contributed by atoms with E-state index in [1.54, 1.807) is 6.92 Å². The number of rotatable bonds is 6. The van der Waals surface area contributed by atoms with E-state index in [4.69, 9.17) is 5.26 Å². The molecule has 4 rings (SSSR count). The molecule has 1 saturated heterocycles. The molecule has 0 unspecified atom stereocenters. The number of likely N-dealkylation sites (tertiary alicyclic amines) is 1. The third-order valence-electron chi connectivity index (χ3n) is 6.67. The molecule has 3 saturated carbocycles. The van der Waals surface area contributed by atoms with Gasteiger partial charge in [0.15, 0.2) is 0 Å². The fourth-order valence-electron chi connectivity index (χ4n) is 4.75. The summed E-state index contributed by atoms with van der Waals surface area (Å²) < 4.78 is 26.2. The van der Waals surface area contributed by atoms with Gasteiger partial charge in [-0.2, -0.15) is 5.26 Å². The summed E-state index contributed by atoms with van der Waals surface area (Å²) >= 11 is 0. The standard InChI is InChI=1S/C19H28F2N4O2/c1-13(9-20)24-17(27)18-2-5-19(6-3-18,7-4-18)23-11-16(26)25-12-14(21)8-15(25)10-22/h13-15,23H,2-9,11-12H2,1H3,(H,24,27)/t13-,14-,15-,18?,19?/m0/s1. The van der Waals surface area contributed by atoms with E-state index in [9.17, 15) is 18.4 Å². The maximum absolute atomic E-state index is 13.5. The second kappa shape index (κ2) is 7.70. The number of amides is 2. The van der Waals surface area contributed by atoms with Crippen LogP contribution in [0.15, 0.2) is 0 Å². The van der Waals surface area contributed by atoms with Gasteiger partial charge in [0.05, 0.1) is 25.2 Å². The Morgan fingerprint density at radius 3 is 2.44 bits per heavy atom. The van der Waals surface area contributed by atoms with E-state index >= 15 is 0 Å². The largest absolute Gasteiger partial charge is 0.351 e. The highest BCUT2D eigenvalue weighted by atomic mass is 19.1. The maximum Gasteiger partial charge on any atom is 0.237 e. The number of halogens is 2. The summed E-state index contributed by atoms with van der Waals surface area (Å²) in [4.78, 5) is 26.3. The SMILES string of the molecule is C[C@@H](CF)NC(=O)C12CCC(NCC(=O)N3C[C@@H](F)C[C@H]3C#N)(CC1)CC2. The molecule has 0 aromatic heterocycles. The maximum atomic E-state index is 13.5. The van der Waals surface area contributed by atoms with Crippen molar-refractivity contribution in [3.05, 3.63) is 0 Å². The van der Waals surface area contributed by atoms with Crippen molar-refractivity contribution in [2.45, 2.75) is 75.7 Å². The van der Waals surface area contributed by atoms with E-state index in [2.05, 4.69) is 10.6 Å². The first-order chi connectivity index (χ1) is 12.8. The molecule has 2 N–H and O–H groups in total. The van der Waals surface area contributed by atoms with Crippen molar-refractivity contribution in [2.75, 3.05) is 19.8 Å². The van der Waals surface area contributed by atoms with Crippen molar-refractivity contribution in [1.29, 1.82) is 5.26 Å². The number of nitriles is 1. The summed E-state index contributed by atoms with van der Waals surface area (Å²) in [6.45, 7) is 1.16. The third kappa shape index (κ3) is 3.93. The van der Waals surface area contributed by atoms with Crippen molar-refractivity contribution < 1.29 is 18.4 Å². The molecule has 150 valence electrons. The minimum absolute atomic E-state index is 0.0121. The molecule has 1 aliphatic heterocycles. The van der Waals surface area contributed by atoms with Crippen LogP contribution in [0.25, 0.3) is 0 Å². The van der Waals surface area contributed by atoms with Crippen LogP contribution in [0.3, 0.4) is 0 Å². The fraction of sp³-hybridized carbons (Fsp3) is 0.842. The predicted molar refractivity (Wildman–Crippen MR) is 95.1 cm³/mol. The lowest BCUT2D eigenvalue weighted by molar-refractivity contribution is -0.140. The number of carbonyl (C=O) groups excluding carboxylic acids is 2. The van der Waals surface area contributed by atoms with Crippen LogP contribution in [-0.4, -0.2) is 60.3 Å². The molecule has 2 bridgehead atoms. The Morgan fingerprint density at radius 1 is 1.26 bits per heavy atom. The summed E-state index contributed by atoms with van der Waals surface area (Å²) in [5, 5.41) is 15.2. The smallest absolute Gasteiger partial charge is 0.237 e. The van der Waals surface area contributed by atoms with Gasteiger partial charge >= 0.3 is 0 Å². The zero-order chi connectivity index (χ0) is 19.7. The van der Waals surface area contributed by atoms with Crippen molar-refractivity contribution in [3.8, 4) is 6.07 Å². The molecule has 0 aromatic rings. The summed E-state index contributed by atoms with van der Waals surface area (Å²) in [5.74, 6) is -0.298. The third-order valence-corrected chi connectivity index (χ3v) is 6.67. The van der Waals surface area contributed by atoms with Crippen LogP contribution in [-0.2, 0) is 9.59 Å². The molecule has 3 aliphatic carbocycles. The zero-order valence-electron chi connectivity index (χ0n) is 15.8. The first-order valence-electron chi connectivity index (χ1n) is 9.78. The predicted octanol–water partition coefficient (Wildman–Crippen LogP) is 1.61. The zero-order valence-corrected chi connectivity index (χ0v) is 15.8. The van der Waals surface area contributed by atoms with E-state index in [0.717, 1.165) is 38.5 Å². The molecule has 4 fully saturated rings. The number of carbonyl (C=O) groups is 2. The second-order valence-electron chi connectivity index (χ2n) is 8.47. The molecule has 3 atom stereocenters. The normalized spacial score (nSPS) is 36.3. The molecule has 1 heterocycles. The van der Waals surface area contributed by atoms with Gasteiger partial charge in [0, 0.05) is 17.4 Å². The Hall–Kier alpha value is -1.75. The molecule has 0 spiro atoms. The van der Waals surface area contributed by atoms with Gasteiger partial charge in [-0.3, -0.25) is 9.59 Å². The summed E-state index contributed by atoms with van der Waals surface area (Å²) in [6.07, 6.45) is 3.46. The first-order valence-corrected chi connectivity index (χ1v) is 9.78. The van der Waals surface area contributed by atoms with Gasteiger partial charge in [0.1, 0.15) is 18.9 Å². The number of hydrogen-bond donors (Lipinski definition) is 2. The van der Waals surface area contributed by atoms with E-state index in [0.29, 0.717) is 0 Å². The molecule has 0 radical (unpaired) electrons. The molecule has 6 nitrogen and oxygen atoms in total. The first kappa shape index (κ1) is 20.0. The van der Waals surface area contributed by atoms with Crippen molar-refractivity contribution in [1.82, 2.24) is 15.5 Å². The second-order valence-corrected chi connectivity index (χ2v) is 8.47. The monoisotopic (exact) mass is 382 g/mol. The molecule has 8 heteroatoms. The van der Waals surface area contributed by atoms with Crippen LogP contribution < -0.4 is 10.6 Å². The van der Waals surface area contributed by atoms with Crippen LogP contribution >= 0.6 is 0 Å². The van der Waals surface area contributed by atoms with Crippen LogP contribution in [0.4, 0.5) is 8.78 Å². The topological polar surface area (TPSA) is 85.2 Å². The quantitative estimate of drug-likeness (QED) is 0.731. The molecule has 0 aromatic carbocycles. The average Bonchev–Trinajstić information content (AvgIpc) is 3.08. The summed E-state index contributed by atoms with van der Waals surface area (Å²) in [6, 6.07) is 0.848. The Bertz CT molecular complexity index is 611. The molecule has 4 aliphatic rings. The van der Waals surface area contributed by atoms with Crippen molar-refractivity contribution in [3.63, 3.8) is 0 Å². The molecular formula is C19H28F2N4O2. The molecule has 27 heavy (non-hydrogen) atoms. The van der Waals surface area contributed by atoms with Crippen LogP contribution in [0.2, 0.25) is 0 Å². The minimum atomic E-state index is -1.13. The van der Waals surface area contributed by atoms with E-state index < -0.39 is 30.3 Å². The Morgan fingerprint density at radius 2 is 1.89 bits per heavy atom. The van der Waals surface area contributed by atoms with Crippen LogP contribution in [0.5, 0.6) is 0 Å². The number of nitrogens with zero attached hydrogens (tertiary/aromatic N) is 2. The Balaban J connectivity index is 1.53. The van der Waals surface area contributed by atoms with Gasteiger partial charge in [-0.05, 0) is 45.4 Å². The highest BCUT2D eigenvalue weighted by molar-refractivity contribution is 5.83. The molecular weight excluding hydrogens is 354 g/mol. The van der Waals surface area contributed by atoms with E-state index in [1.165, 1.54) is 4.90 Å². The van der Waals surface area contributed by atoms with Gasteiger partial charge in [0.2, 0.25) is 11.8 Å². The number of nitrogens with one attached hydrogen (secondary N) is 2. The fourth-order valence-corrected chi connectivity index (χ4v) is 4.75. The average molecular weight is 382 g/mol. The Kier molecular flexibility index (Phi) is 5.71. The van der Waals surface area contributed by atoms with E-state index in [1.807, 2.05) is 6.07 Å². The lowest BCUT2D eigenvalue weighted by atomic mass is 9.57. The lowest BCUT2D eigenvalue weighted by Gasteiger charge is -2.53. The number of alkyl halides is 2. The van der Waals surface area contributed by atoms with Crippen molar-refractivity contribution in [2.24, 2.45) is 5.41 Å². The van der Waals surface area contributed by atoms with Gasteiger partial charge in [-0.25, -0.2) is 8.78 Å². The lowest BCUT2D eigenvalue weighted by Crippen LogP contribution is -2.60. The van der Waals surface area contributed by atoms with Gasteiger partial charge in [0.25, 0.3) is 0 Å². The number of hydrogen-bond acceptors (Lipinski definition) is 4. The summed E-state index contributed by atoms with van der Waals surface area (Å²) in [7, 11) is 0. The van der Waals surface area contributed by atoms with Crippen molar-refractivity contribution >= 4 is 11.8 Å². The summed E-state index contributed by atoms with van der Waals surface area (Å²) in [5.41, 5.74) is -0.598. The molecule has 2 amide bonds. The highest BCUT2D eigenvalue weighted by Crippen LogP contribution is 2.52. The van der Waals surface area contributed by atoms with E-state index in [-0.39, 0.29) is 36.9 Å². The van der Waals surface area contributed by atoms with Gasteiger partial charge in [-0.1, -0.05) is 0 Å². The van der Waals surface area contributed by atoms with Crippen LogP contribution in [0, 0.1) is 16.7 Å².